The second kappa shape index (κ2) is 4.80. The topological polar surface area (TPSA) is 82.7 Å². The number of H-pyrrole nitrogens is 1. The van der Waals surface area contributed by atoms with Crippen LogP contribution in [0.4, 0.5) is 0 Å². The lowest BCUT2D eigenvalue weighted by Crippen LogP contribution is -2.48. The number of amides is 1. The number of fused-ring (bicyclic) bond motifs is 3. The van der Waals surface area contributed by atoms with Gasteiger partial charge < -0.3 is 10.6 Å². The third kappa shape index (κ3) is 2.29. The Balaban J connectivity index is 1.52. The van der Waals surface area contributed by atoms with Gasteiger partial charge in [0.15, 0.2) is 5.65 Å². The highest BCUT2D eigenvalue weighted by Crippen LogP contribution is 2.27. The lowest BCUT2D eigenvalue weighted by Gasteiger charge is -2.29. The fourth-order valence-corrected chi connectivity index (χ4v) is 3.59. The van der Waals surface area contributed by atoms with E-state index in [0.29, 0.717) is 23.3 Å². The van der Waals surface area contributed by atoms with Crippen LogP contribution >= 0.6 is 0 Å². The molecule has 110 valence electrons. The maximum atomic E-state index is 12.4. The number of aromatic nitrogens is 3. The fraction of sp³-hybridized carbons (Fsp3) is 0.533. The quantitative estimate of drug-likeness (QED) is 0.776. The minimum atomic E-state index is -0.0312. The van der Waals surface area contributed by atoms with Gasteiger partial charge in [0.25, 0.3) is 5.91 Å². The lowest BCUT2D eigenvalue weighted by atomic mass is 9.99. The predicted molar refractivity (Wildman–Crippen MR) is 79.1 cm³/mol. The average molecular weight is 285 g/mol. The van der Waals surface area contributed by atoms with Gasteiger partial charge in [-0.1, -0.05) is 0 Å². The minimum absolute atomic E-state index is 0.0312. The summed E-state index contributed by atoms with van der Waals surface area (Å²) in [4.78, 5) is 16.7. The summed E-state index contributed by atoms with van der Waals surface area (Å²) >= 11 is 0. The molecule has 4 heterocycles. The highest BCUT2D eigenvalue weighted by Gasteiger charge is 2.34. The van der Waals surface area contributed by atoms with Crippen LogP contribution in [0.5, 0.6) is 0 Å². The van der Waals surface area contributed by atoms with E-state index in [1.54, 1.807) is 6.20 Å². The number of rotatable bonds is 2. The molecule has 6 heteroatoms. The first-order chi connectivity index (χ1) is 10.2. The Labute approximate surface area is 122 Å². The van der Waals surface area contributed by atoms with Crippen molar-refractivity contribution in [2.24, 2.45) is 0 Å². The van der Waals surface area contributed by atoms with Crippen molar-refractivity contribution < 1.29 is 4.79 Å². The molecule has 3 N–H and O–H groups in total. The number of hydrogen-bond donors (Lipinski definition) is 3. The van der Waals surface area contributed by atoms with E-state index in [1.165, 1.54) is 12.8 Å². The third-order valence-corrected chi connectivity index (χ3v) is 4.67. The Bertz CT molecular complexity index is 682. The molecule has 0 aromatic carbocycles. The van der Waals surface area contributed by atoms with Gasteiger partial charge in [-0.3, -0.25) is 9.89 Å². The van der Waals surface area contributed by atoms with Gasteiger partial charge in [-0.15, -0.1) is 0 Å². The number of nitrogens with zero attached hydrogens (tertiary/aromatic N) is 2. The molecule has 0 radical (unpaired) electrons. The molecule has 2 bridgehead atoms. The van der Waals surface area contributed by atoms with Crippen molar-refractivity contribution in [3.63, 3.8) is 0 Å². The van der Waals surface area contributed by atoms with Crippen molar-refractivity contribution in [1.29, 1.82) is 0 Å². The van der Waals surface area contributed by atoms with E-state index in [0.717, 1.165) is 23.9 Å². The fourth-order valence-electron chi connectivity index (χ4n) is 3.59. The number of piperidine rings is 1. The summed E-state index contributed by atoms with van der Waals surface area (Å²) in [6.45, 7) is 1.93. The molecule has 2 aromatic heterocycles. The average Bonchev–Trinajstić information content (AvgIpc) is 3.02. The summed E-state index contributed by atoms with van der Waals surface area (Å²) in [5, 5.41) is 14.6. The van der Waals surface area contributed by atoms with Crippen LogP contribution in [0.2, 0.25) is 0 Å². The van der Waals surface area contributed by atoms with Crippen LogP contribution < -0.4 is 10.6 Å². The van der Waals surface area contributed by atoms with E-state index < -0.39 is 0 Å². The molecule has 2 aliphatic heterocycles. The highest BCUT2D eigenvalue weighted by atomic mass is 16.1. The zero-order valence-corrected chi connectivity index (χ0v) is 12.0. The summed E-state index contributed by atoms with van der Waals surface area (Å²) < 4.78 is 0. The van der Waals surface area contributed by atoms with Crippen LogP contribution in [0.15, 0.2) is 12.3 Å². The Morgan fingerprint density at radius 2 is 2.10 bits per heavy atom. The van der Waals surface area contributed by atoms with E-state index in [-0.39, 0.29) is 11.9 Å². The molecule has 2 unspecified atom stereocenters. The van der Waals surface area contributed by atoms with Gasteiger partial charge in [0.05, 0.1) is 5.56 Å². The Morgan fingerprint density at radius 1 is 1.33 bits per heavy atom. The van der Waals surface area contributed by atoms with E-state index in [1.807, 2.05) is 13.0 Å². The molecule has 0 spiro atoms. The first kappa shape index (κ1) is 12.8. The minimum Gasteiger partial charge on any atom is -0.349 e. The van der Waals surface area contributed by atoms with Crippen LogP contribution in [0.3, 0.4) is 0 Å². The zero-order chi connectivity index (χ0) is 14.4. The van der Waals surface area contributed by atoms with Crippen molar-refractivity contribution in [2.75, 3.05) is 0 Å². The Morgan fingerprint density at radius 3 is 2.86 bits per heavy atom. The summed E-state index contributed by atoms with van der Waals surface area (Å²) in [6.07, 6.45) is 6.14. The maximum Gasteiger partial charge on any atom is 0.253 e. The predicted octanol–water partition coefficient (Wildman–Crippen LogP) is 1.28. The maximum absolute atomic E-state index is 12.4. The number of carbonyl (C=O) groups is 1. The van der Waals surface area contributed by atoms with Gasteiger partial charge in [-0.25, -0.2) is 4.98 Å². The lowest BCUT2D eigenvalue weighted by molar-refractivity contribution is 0.0924. The summed E-state index contributed by atoms with van der Waals surface area (Å²) in [6, 6.07) is 3.29. The van der Waals surface area contributed by atoms with Crippen LogP contribution in [0.25, 0.3) is 11.0 Å². The van der Waals surface area contributed by atoms with Crippen molar-refractivity contribution in [1.82, 2.24) is 25.8 Å². The molecular formula is C15H19N5O. The standard InChI is InChI=1S/C15H19N5O/c1-8-13-4-9(7-16-14(13)20-19-8)15(21)18-12-5-10-2-3-11(6-12)17-10/h4,7,10-12,17H,2-3,5-6H2,1H3,(H,18,21)(H,16,19,20). The van der Waals surface area contributed by atoms with Crippen molar-refractivity contribution >= 4 is 16.9 Å². The van der Waals surface area contributed by atoms with Gasteiger partial charge in [0.2, 0.25) is 0 Å². The van der Waals surface area contributed by atoms with Crippen molar-refractivity contribution in [3.8, 4) is 0 Å². The van der Waals surface area contributed by atoms with E-state index >= 15 is 0 Å². The third-order valence-electron chi connectivity index (χ3n) is 4.67. The van der Waals surface area contributed by atoms with Gasteiger partial charge >= 0.3 is 0 Å². The molecule has 0 aliphatic carbocycles. The zero-order valence-electron chi connectivity index (χ0n) is 12.0. The molecule has 6 nitrogen and oxygen atoms in total. The summed E-state index contributed by atoms with van der Waals surface area (Å²) in [5.74, 6) is -0.0312. The first-order valence-corrected chi connectivity index (χ1v) is 7.56. The van der Waals surface area contributed by atoms with E-state index in [9.17, 15) is 4.79 Å². The second-order valence-corrected chi connectivity index (χ2v) is 6.22. The normalized spacial score (nSPS) is 28.0. The monoisotopic (exact) mass is 285 g/mol. The SMILES string of the molecule is Cc1[nH]nc2ncc(C(=O)NC3CC4CCC(C3)N4)cc12. The molecule has 1 amide bonds. The van der Waals surface area contributed by atoms with E-state index in [2.05, 4.69) is 25.8 Å². The van der Waals surface area contributed by atoms with Crippen LogP contribution in [-0.2, 0) is 0 Å². The summed E-state index contributed by atoms with van der Waals surface area (Å²) in [7, 11) is 0. The molecule has 2 aliphatic rings. The van der Waals surface area contributed by atoms with E-state index in [4.69, 9.17) is 0 Å². The largest absolute Gasteiger partial charge is 0.349 e. The molecule has 4 rings (SSSR count). The van der Waals surface area contributed by atoms with Crippen molar-refractivity contribution in [2.45, 2.75) is 50.7 Å². The van der Waals surface area contributed by atoms with Gasteiger partial charge in [0, 0.05) is 35.4 Å². The molecule has 2 atom stereocenters. The molecule has 21 heavy (non-hydrogen) atoms. The second-order valence-electron chi connectivity index (χ2n) is 6.22. The molecular weight excluding hydrogens is 266 g/mol. The number of nitrogens with one attached hydrogen (secondary N) is 3. The van der Waals surface area contributed by atoms with Gasteiger partial charge in [-0.05, 0) is 38.7 Å². The van der Waals surface area contributed by atoms with Gasteiger partial charge in [-0.2, -0.15) is 5.10 Å². The smallest absolute Gasteiger partial charge is 0.253 e. The Hall–Kier alpha value is -1.95. The first-order valence-electron chi connectivity index (χ1n) is 7.56. The number of aromatic amines is 1. The van der Waals surface area contributed by atoms with Gasteiger partial charge in [0.1, 0.15) is 0 Å². The molecule has 2 aromatic rings. The van der Waals surface area contributed by atoms with Crippen LogP contribution in [0.1, 0.15) is 41.7 Å². The number of pyridine rings is 1. The Kier molecular flexibility index (Phi) is 2.92. The molecule has 2 saturated heterocycles. The number of hydrogen-bond acceptors (Lipinski definition) is 4. The molecule has 0 saturated carbocycles. The van der Waals surface area contributed by atoms with Crippen molar-refractivity contribution in [3.05, 3.63) is 23.5 Å². The number of carbonyl (C=O) groups excluding carboxylic acids is 1. The highest BCUT2D eigenvalue weighted by molar-refractivity contribution is 5.97. The summed E-state index contributed by atoms with van der Waals surface area (Å²) in [5.41, 5.74) is 2.20. The van der Waals surface area contributed by atoms with Crippen LogP contribution in [-0.4, -0.2) is 39.2 Å². The molecule has 2 fully saturated rings. The number of aryl methyl sites for hydroxylation is 1. The van der Waals surface area contributed by atoms with Crippen LogP contribution in [0, 0.1) is 6.92 Å².